The third-order valence-electron chi connectivity index (χ3n) is 8.51. The first kappa shape index (κ1) is 21.7. The van der Waals surface area contributed by atoms with Crippen LogP contribution in [0.3, 0.4) is 0 Å². The third-order valence-corrected chi connectivity index (χ3v) is 8.51. The molecular weight excluding hydrogens is 328 g/mol. The fourth-order valence-corrected chi connectivity index (χ4v) is 6.81. The molecule has 3 saturated carbocycles. The lowest BCUT2D eigenvalue weighted by Crippen LogP contribution is -2.32. The molecule has 0 amide bonds. The maximum atomic E-state index is 6.25. The molecule has 0 N–H and O–H groups in total. The van der Waals surface area contributed by atoms with E-state index < -0.39 is 0 Å². The maximum absolute atomic E-state index is 6.25. The number of unbranched alkanes of at least 4 members (excludes halogenated alkanes) is 2. The van der Waals surface area contributed by atoms with Crippen molar-refractivity contribution in [1.82, 2.24) is 0 Å². The summed E-state index contributed by atoms with van der Waals surface area (Å²) in [6, 6.07) is 0. The molecule has 0 spiro atoms. The summed E-state index contributed by atoms with van der Waals surface area (Å²) >= 11 is 0. The average Bonchev–Trinajstić information content (AvgIpc) is 2.72. The smallest absolute Gasteiger partial charge is 0.0577 e. The second kappa shape index (κ2) is 11.8. The first-order valence-electron chi connectivity index (χ1n) is 12.9. The normalized spacial score (nSPS) is 38.0. The fraction of sp³-hybridized carbons (Fsp3) is 1.00. The monoisotopic (exact) mass is 376 g/mol. The van der Waals surface area contributed by atoms with Crippen LogP contribution in [0, 0.1) is 29.6 Å². The zero-order valence-corrected chi connectivity index (χ0v) is 18.6. The predicted octanol–water partition coefficient (Wildman–Crippen LogP) is 8.16. The highest BCUT2D eigenvalue weighted by molar-refractivity contribution is 4.86. The Kier molecular flexibility index (Phi) is 9.50. The van der Waals surface area contributed by atoms with Gasteiger partial charge in [-0.15, -0.1) is 0 Å². The van der Waals surface area contributed by atoms with Crippen molar-refractivity contribution in [1.29, 1.82) is 0 Å². The lowest BCUT2D eigenvalue weighted by atomic mass is 9.65. The van der Waals surface area contributed by atoms with Crippen LogP contribution in [0.4, 0.5) is 0 Å². The minimum atomic E-state index is 0.590. The molecule has 0 aromatic rings. The average molecular weight is 377 g/mol. The van der Waals surface area contributed by atoms with Crippen molar-refractivity contribution in [2.24, 2.45) is 29.6 Å². The van der Waals surface area contributed by atoms with Crippen LogP contribution in [0.15, 0.2) is 0 Å². The molecule has 0 saturated heterocycles. The Morgan fingerprint density at radius 3 is 1.89 bits per heavy atom. The van der Waals surface area contributed by atoms with E-state index in [0.717, 1.165) is 36.2 Å². The summed E-state index contributed by atoms with van der Waals surface area (Å²) in [6.07, 6.45) is 25.4. The second-order valence-electron chi connectivity index (χ2n) is 10.4. The van der Waals surface area contributed by atoms with Crippen LogP contribution in [0.5, 0.6) is 0 Å². The standard InChI is InChI=1S/C26H48O/c1-3-5-6-19-27-26-10-7-9-25(20-26)24-17-15-23(16-18-24)22-13-11-21(8-4-2)12-14-22/h21-26H,3-20H2,1-2H3/t21-,22-,23?,24?,25-,26+/m0/s1. The number of hydrogen-bond donors (Lipinski definition) is 0. The predicted molar refractivity (Wildman–Crippen MR) is 117 cm³/mol. The molecule has 0 heterocycles. The Bertz CT molecular complexity index is 376. The Morgan fingerprint density at radius 1 is 0.630 bits per heavy atom. The van der Waals surface area contributed by atoms with Gasteiger partial charge in [-0.1, -0.05) is 58.8 Å². The van der Waals surface area contributed by atoms with Crippen LogP contribution in [-0.4, -0.2) is 12.7 Å². The van der Waals surface area contributed by atoms with E-state index in [1.54, 1.807) is 25.7 Å². The molecule has 3 aliphatic carbocycles. The molecule has 2 atom stereocenters. The third kappa shape index (κ3) is 6.76. The highest BCUT2D eigenvalue weighted by Gasteiger charge is 2.35. The molecular formula is C26H48O. The molecule has 158 valence electrons. The quantitative estimate of drug-likeness (QED) is 0.369. The van der Waals surface area contributed by atoms with Crippen LogP contribution in [0.2, 0.25) is 0 Å². The van der Waals surface area contributed by atoms with Gasteiger partial charge in [0.25, 0.3) is 0 Å². The maximum Gasteiger partial charge on any atom is 0.0577 e. The van der Waals surface area contributed by atoms with E-state index in [1.807, 2.05) is 0 Å². The van der Waals surface area contributed by atoms with Crippen molar-refractivity contribution in [2.75, 3.05) is 6.61 Å². The molecule has 0 bridgehead atoms. The van der Waals surface area contributed by atoms with Gasteiger partial charge in [-0.25, -0.2) is 0 Å². The highest BCUT2D eigenvalue weighted by Crippen LogP contribution is 2.46. The lowest BCUT2D eigenvalue weighted by Gasteiger charge is -2.41. The number of hydrogen-bond acceptors (Lipinski definition) is 1. The SMILES string of the molecule is CCCCCO[C@@H]1CCC[C@H](C2CCC([C@H]3CC[C@H](CCC)CC3)CC2)C1. The zero-order valence-electron chi connectivity index (χ0n) is 18.6. The van der Waals surface area contributed by atoms with Crippen LogP contribution >= 0.6 is 0 Å². The molecule has 3 rings (SSSR count). The van der Waals surface area contributed by atoms with Crippen LogP contribution in [0.1, 0.15) is 123 Å². The van der Waals surface area contributed by atoms with Crippen LogP contribution in [0.25, 0.3) is 0 Å². The van der Waals surface area contributed by atoms with E-state index >= 15 is 0 Å². The zero-order chi connectivity index (χ0) is 18.9. The lowest BCUT2D eigenvalue weighted by molar-refractivity contribution is -0.00533. The first-order valence-corrected chi connectivity index (χ1v) is 12.9. The fourth-order valence-electron chi connectivity index (χ4n) is 6.81. The van der Waals surface area contributed by atoms with Gasteiger partial charge >= 0.3 is 0 Å². The van der Waals surface area contributed by atoms with Crippen LogP contribution < -0.4 is 0 Å². The van der Waals surface area contributed by atoms with Crippen molar-refractivity contribution in [3.05, 3.63) is 0 Å². The molecule has 1 nitrogen and oxygen atoms in total. The molecule has 0 aromatic carbocycles. The topological polar surface area (TPSA) is 9.23 Å². The van der Waals surface area contributed by atoms with E-state index in [9.17, 15) is 0 Å². The Labute approximate surface area is 170 Å². The molecule has 0 aliphatic heterocycles. The van der Waals surface area contributed by atoms with Crippen LogP contribution in [-0.2, 0) is 4.74 Å². The van der Waals surface area contributed by atoms with Gasteiger partial charge in [0.2, 0.25) is 0 Å². The summed E-state index contributed by atoms with van der Waals surface area (Å²) in [4.78, 5) is 0. The largest absolute Gasteiger partial charge is 0.378 e. The summed E-state index contributed by atoms with van der Waals surface area (Å²) in [6.45, 7) is 5.65. The van der Waals surface area contributed by atoms with Crippen molar-refractivity contribution in [3.8, 4) is 0 Å². The molecule has 27 heavy (non-hydrogen) atoms. The van der Waals surface area contributed by atoms with Gasteiger partial charge in [-0.2, -0.15) is 0 Å². The molecule has 0 radical (unpaired) electrons. The number of rotatable bonds is 9. The second-order valence-corrected chi connectivity index (χ2v) is 10.4. The van der Waals surface area contributed by atoms with Crippen molar-refractivity contribution in [3.63, 3.8) is 0 Å². The van der Waals surface area contributed by atoms with E-state index in [-0.39, 0.29) is 0 Å². The van der Waals surface area contributed by atoms with E-state index in [4.69, 9.17) is 4.74 Å². The summed E-state index contributed by atoms with van der Waals surface area (Å²) in [5.74, 6) is 5.24. The van der Waals surface area contributed by atoms with Gasteiger partial charge < -0.3 is 4.74 Å². The minimum Gasteiger partial charge on any atom is -0.378 e. The molecule has 3 aliphatic rings. The summed E-state index contributed by atoms with van der Waals surface area (Å²) < 4.78 is 6.25. The van der Waals surface area contributed by atoms with Gasteiger partial charge in [-0.3, -0.25) is 0 Å². The molecule has 0 aromatic heterocycles. The van der Waals surface area contributed by atoms with Gasteiger partial charge in [0.15, 0.2) is 0 Å². The van der Waals surface area contributed by atoms with E-state index in [1.165, 1.54) is 83.5 Å². The summed E-state index contributed by atoms with van der Waals surface area (Å²) in [7, 11) is 0. The van der Waals surface area contributed by atoms with Crippen molar-refractivity contribution in [2.45, 2.75) is 129 Å². The number of ether oxygens (including phenoxy) is 1. The van der Waals surface area contributed by atoms with Crippen molar-refractivity contribution < 1.29 is 4.74 Å². The molecule has 0 unspecified atom stereocenters. The van der Waals surface area contributed by atoms with Gasteiger partial charge in [0.1, 0.15) is 0 Å². The Balaban J connectivity index is 1.35. The Morgan fingerprint density at radius 2 is 1.26 bits per heavy atom. The minimum absolute atomic E-state index is 0.590. The Hall–Kier alpha value is -0.0400. The molecule has 3 fully saturated rings. The van der Waals surface area contributed by atoms with Crippen molar-refractivity contribution >= 4 is 0 Å². The highest BCUT2D eigenvalue weighted by atomic mass is 16.5. The summed E-state index contributed by atoms with van der Waals surface area (Å²) in [5.41, 5.74) is 0. The van der Waals surface area contributed by atoms with E-state index in [2.05, 4.69) is 13.8 Å². The molecule has 1 heteroatoms. The van der Waals surface area contributed by atoms with Gasteiger partial charge in [0, 0.05) is 6.61 Å². The van der Waals surface area contributed by atoms with E-state index in [0.29, 0.717) is 6.10 Å². The van der Waals surface area contributed by atoms with Gasteiger partial charge in [-0.05, 0) is 93.8 Å². The summed E-state index contributed by atoms with van der Waals surface area (Å²) in [5, 5.41) is 0. The first-order chi connectivity index (χ1) is 13.3. The van der Waals surface area contributed by atoms with Gasteiger partial charge in [0.05, 0.1) is 6.10 Å².